The Morgan fingerprint density at radius 1 is 1.10 bits per heavy atom. The van der Waals surface area contributed by atoms with Crippen LogP contribution in [0.15, 0.2) is 36.5 Å². The third-order valence-electron chi connectivity index (χ3n) is 3.41. The molecule has 0 aliphatic rings. The fourth-order valence-electron chi connectivity index (χ4n) is 2.22. The Bertz CT molecular complexity index is 1300. The number of pyridine rings is 2. The van der Waals surface area contributed by atoms with Gasteiger partial charge >= 0.3 is 6.18 Å². The minimum atomic E-state index is -4.81. The molecule has 0 amide bonds. The molecule has 158 valence electrons. The molecular weight excluding hydrogens is 399 g/mol. The van der Waals surface area contributed by atoms with Crippen LogP contribution in [0.2, 0.25) is 0 Å². The summed E-state index contributed by atoms with van der Waals surface area (Å²) >= 11 is 0. The highest BCUT2D eigenvalue weighted by Crippen LogP contribution is 2.29. The molecule has 0 bridgehead atoms. The van der Waals surface area contributed by atoms with Crippen molar-refractivity contribution in [1.82, 2.24) is 24.9 Å². The molecule has 0 aliphatic heterocycles. The summed E-state index contributed by atoms with van der Waals surface area (Å²) in [5.74, 6) is -1.67. The summed E-state index contributed by atoms with van der Waals surface area (Å²) in [6, 6.07) is 5.91. The van der Waals surface area contributed by atoms with Gasteiger partial charge in [-0.2, -0.15) is 28.1 Å². The van der Waals surface area contributed by atoms with Crippen molar-refractivity contribution in [3.63, 3.8) is 0 Å². The summed E-state index contributed by atoms with van der Waals surface area (Å²) in [6.07, 6.45) is -3.38. The molecule has 11 heteroatoms. The minimum Gasteiger partial charge on any atom is -0.389 e. The maximum Gasteiger partial charge on any atom is 0.433 e. The van der Waals surface area contributed by atoms with Gasteiger partial charge in [0, 0.05) is 32.3 Å². The molecule has 3 heterocycles. The predicted octanol–water partition coefficient (Wildman–Crippen LogP) is 3.58. The van der Waals surface area contributed by atoms with Gasteiger partial charge in [-0.25, -0.2) is 4.98 Å². The van der Waals surface area contributed by atoms with Crippen LogP contribution in [0.4, 0.5) is 30.8 Å². The lowest BCUT2D eigenvalue weighted by molar-refractivity contribution is -0.141. The maximum absolute atomic E-state index is 13.2. The molecule has 3 aromatic rings. The van der Waals surface area contributed by atoms with Crippen LogP contribution < -0.4 is 10.6 Å². The van der Waals surface area contributed by atoms with Crippen molar-refractivity contribution in [1.29, 1.82) is 0 Å². The van der Waals surface area contributed by atoms with Gasteiger partial charge in [-0.3, -0.25) is 4.98 Å². The Morgan fingerprint density at radius 3 is 2.57 bits per heavy atom. The first kappa shape index (κ1) is 13.1. The largest absolute Gasteiger partial charge is 0.433 e. The highest BCUT2D eigenvalue weighted by Gasteiger charge is 2.32. The maximum atomic E-state index is 13.2. The first-order valence-electron chi connectivity index (χ1n) is 12.3. The van der Waals surface area contributed by atoms with Crippen LogP contribution in [-0.4, -0.2) is 42.1 Å². The summed E-state index contributed by atoms with van der Waals surface area (Å²) in [5.41, 5.74) is -4.72. The first-order chi connectivity index (χ1) is 17.2. The first-order valence-corrected chi connectivity index (χ1v) is 8.25. The summed E-state index contributed by atoms with van der Waals surface area (Å²) in [4.78, 5) is 19.2. The van der Waals surface area contributed by atoms with Gasteiger partial charge in [-0.1, -0.05) is 6.07 Å². The number of aliphatic hydroxyl groups is 1. The van der Waals surface area contributed by atoms with E-state index in [9.17, 15) is 18.3 Å². The lowest BCUT2D eigenvalue weighted by atomic mass is 10.1. The number of aryl methyl sites for hydroxylation is 1. The molecule has 30 heavy (non-hydrogen) atoms. The van der Waals surface area contributed by atoms with Crippen LogP contribution in [0.5, 0.6) is 0 Å². The van der Waals surface area contributed by atoms with Gasteiger partial charge in [0.25, 0.3) is 0 Å². The molecule has 3 aromatic heterocycles. The van der Waals surface area contributed by atoms with Gasteiger partial charge in [0.1, 0.15) is 11.4 Å². The number of alkyl halides is 3. The number of halogens is 3. The van der Waals surface area contributed by atoms with Crippen LogP contribution in [-0.2, 0) is 6.18 Å². The van der Waals surface area contributed by atoms with E-state index in [1.54, 1.807) is 13.0 Å². The molecule has 0 saturated carbocycles. The third-order valence-corrected chi connectivity index (χ3v) is 3.41. The van der Waals surface area contributed by atoms with Crippen molar-refractivity contribution >= 4 is 17.6 Å². The predicted molar refractivity (Wildman–Crippen MR) is 105 cm³/mol. The Hall–Kier alpha value is -3.34. The second-order valence-corrected chi connectivity index (χ2v) is 5.98. The van der Waals surface area contributed by atoms with Crippen LogP contribution in [0.3, 0.4) is 0 Å². The number of hydrogen-bond acceptors (Lipinski definition) is 8. The molecule has 0 aliphatic carbocycles. The van der Waals surface area contributed by atoms with E-state index in [2.05, 4.69) is 30.2 Å². The number of nitrogens with zero attached hydrogens (tertiary/aromatic N) is 5. The molecule has 0 atom stereocenters. The van der Waals surface area contributed by atoms with E-state index in [1.807, 2.05) is 5.32 Å². The van der Waals surface area contributed by atoms with Crippen molar-refractivity contribution in [2.45, 2.75) is 32.4 Å². The second-order valence-electron chi connectivity index (χ2n) is 5.98. The SMILES string of the molecule is [2H]C([2H])([2H])C(O)(C([2H])([2H])[2H])C([2H])([2H])Nc1nc(Nc2ccnc(C)c2)nc(-c2cccc(C(F)(F)F)n2)n1. The monoisotopic (exact) mass is 427 g/mol. The Balaban J connectivity index is 2.16. The van der Waals surface area contributed by atoms with Crippen LogP contribution in [0.1, 0.15) is 36.1 Å². The number of rotatable bonds is 6. The zero-order valence-corrected chi connectivity index (χ0v) is 15.3. The second kappa shape index (κ2) is 8.19. The lowest BCUT2D eigenvalue weighted by Crippen LogP contribution is -2.30. The average molecular weight is 427 g/mol. The molecule has 0 saturated heterocycles. The summed E-state index contributed by atoms with van der Waals surface area (Å²) in [7, 11) is 0. The van der Waals surface area contributed by atoms with Crippen molar-refractivity contribution in [3.8, 4) is 11.5 Å². The smallest absolute Gasteiger partial charge is 0.389 e. The van der Waals surface area contributed by atoms with E-state index in [0.29, 0.717) is 17.4 Å². The topological polar surface area (TPSA) is 109 Å². The fourth-order valence-corrected chi connectivity index (χ4v) is 2.22. The minimum absolute atomic E-state index is 0.357. The van der Waals surface area contributed by atoms with E-state index in [0.717, 1.165) is 12.1 Å². The fraction of sp³-hybridized carbons (Fsp3) is 0.316. The molecule has 3 N–H and O–H groups in total. The van der Waals surface area contributed by atoms with E-state index < -0.39 is 55.1 Å². The average Bonchev–Trinajstić information content (AvgIpc) is 2.76. The molecule has 0 spiro atoms. The van der Waals surface area contributed by atoms with Crippen LogP contribution in [0.25, 0.3) is 11.5 Å². The third kappa shape index (κ3) is 5.83. The quantitative estimate of drug-likeness (QED) is 0.548. The van der Waals surface area contributed by atoms with Gasteiger partial charge in [-0.15, -0.1) is 0 Å². The zero-order valence-electron chi connectivity index (χ0n) is 23.3. The van der Waals surface area contributed by atoms with E-state index in [1.165, 1.54) is 12.3 Å². The van der Waals surface area contributed by atoms with E-state index in [4.69, 9.17) is 11.0 Å². The van der Waals surface area contributed by atoms with Gasteiger partial charge in [0.2, 0.25) is 11.9 Å². The molecule has 0 unspecified atom stereocenters. The molecule has 0 aromatic carbocycles. The normalized spacial score (nSPS) is 17.2. The van der Waals surface area contributed by atoms with E-state index in [-0.39, 0.29) is 5.95 Å². The number of nitrogens with one attached hydrogen (secondary N) is 2. The molecule has 8 nitrogen and oxygen atoms in total. The van der Waals surface area contributed by atoms with Crippen molar-refractivity contribution < 1.29 is 29.2 Å². The molecule has 0 radical (unpaired) electrons. The Kier molecular flexibility index (Phi) is 3.56. The number of hydrogen-bond donors (Lipinski definition) is 3. The summed E-state index contributed by atoms with van der Waals surface area (Å²) < 4.78 is 101. The highest BCUT2D eigenvalue weighted by molar-refractivity contribution is 5.59. The zero-order chi connectivity index (χ0) is 28.7. The Labute approximate surface area is 181 Å². The van der Waals surface area contributed by atoms with Crippen LogP contribution in [0, 0.1) is 6.92 Å². The van der Waals surface area contributed by atoms with Gasteiger partial charge in [0.05, 0.1) is 8.34 Å². The van der Waals surface area contributed by atoms with Gasteiger partial charge < -0.3 is 15.7 Å². The molecule has 0 fully saturated rings. The Morgan fingerprint density at radius 2 is 1.87 bits per heavy atom. The van der Waals surface area contributed by atoms with Crippen LogP contribution >= 0.6 is 0 Å². The van der Waals surface area contributed by atoms with Crippen molar-refractivity contribution in [2.75, 3.05) is 17.1 Å². The van der Waals surface area contributed by atoms with Crippen molar-refractivity contribution in [2.24, 2.45) is 0 Å². The molecule has 3 rings (SSSR count). The summed E-state index contributed by atoms with van der Waals surface area (Å²) in [5, 5.41) is 15.2. The van der Waals surface area contributed by atoms with Gasteiger partial charge in [0.15, 0.2) is 5.82 Å². The summed E-state index contributed by atoms with van der Waals surface area (Å²) in [6.45, 7) is -9.47. The number of anilines is 3. The standard InChI is InChI=1S/C19H20F3N7O/c1-11-9-12(7-8-23-11)25-17-28-15(27-16(29-17)24-10-18(2,3)30)13-5-4-6-14(26-13)19(20,21)22/h4-9,30H,10H2,1-3H3,(H2,23,24,25,27,28,29)/i2D3,3D3,10D2. The molecular formula is C19H20F3N7O. The van der Waals surface area contributed by atoms with Crippen molar-refractivity contribution in [3.05, 3.63) is 47.9 Å². The number of aromatic nitrogens is 5. The lowest BCUT2D eigenvalue weighted by Gasteiger charge is -2.18. The highest BCUT2D eigenvalue weighted by atomic mass is 19.4. The van der Waals surface area contributed by atoms with E-state index >= 15 is 0 Å². The van der Waals surface area contributed by atoms with Gasteiger partial charge in [-0.05, 0) is 44.9 Å².